The maximum Gasteiger partial charge on any atom is 0.124 e. The van der Waals surface area contributed by atoms with Crippen molar-refractivity contribution in [2.45, 2.75) is 25.3 Å². The van der Waals surface area contributed by atoms with Crippen molar-refractivity contribution in [3.8, 4) is 0 Å². The van der Waals surface area contributed by atoms with Gasteiger partial charge < -0.3 is 0 Å². The van der Waals surface area contributed by atoms with Crippen molar-refractivity contribution in [1.82, 2.24) is 9.69 Å². The standard InChI is InChI=1S/C12H12FN2S/c13-8-4-5-9-11(7-8)16-15-12(9)10-3-1-2-6-14-10/h4-5,7,10H,1-3,6H2. The molecule has 0 spiro atoms. The summed E-state index contributed by atoms with van der Waals surface area (Å²) in [4.78, 5) is 0. The molecule has 0 saturated carbocycles. The molecule has 0 amide bonds. The number of halogens is 1. The number of hydrogen-bond acceptors (Lipinski definition) is 2. The molecular weight excluding hydrogens is 223 g/mol. The zero-order valence-corrected chi connectivity index (χ0v) is 9.63. The van der Waals surface area contributed by atoms with E-state index in [9.17, 15) is 4.39 Å². The lowest BCUT2D eigenvalue weighted by Gasteiger charge is -2.20. The van der Waals surface area contributed by atoms with Gasteiger partial charge in [0, 0.05) is 11.9 Å². The van der Waals surface area contributed by atoms with Gasteiger partial charge in [-0.15, -0.1) is 0 Å². The van der Waals surface area contributed by atoms with E-state index in [0.29, 0.717) is 0 Å². The number of rotatable bonds is 1. The number of benzene rings is 1. The summed E-state index contributed by atoms with van der Waals surface area (Å²) in [6, 6.07) is 5.11. The van der Waals surface area contributed by atoms with Gasteiger partial charge in [0.1, 0.15) is 5.82 Å². The fourth-order valence-corrected chi connectivity index (χ4v) is 3.04. The summed E-state index contributed by atoms with van der Waals surface area (Å²) in [5.41, 5.74) is 1.04. The molecule has 1 fully saturated rings. The van der Waals surface area contributed by atoms with Gasteiger partial charge in [-0.25, -0.2) is 9.71 Å². The fourth-order valence-electron chi connectivity index (χ4n) is 2.18. The molecule has 1 radical (unpaired) electrons. The Hall–Kier alpha value is -1.00. The van der Waals surface area contributed by atoms with Crippen LogP contribution in [0, 0.1) is 5.82 Å². The summed E-state index contributed by atoms with van der Waals surface area (Å²) in [6.45, 7) is 0.935. The minimum absolute atomic E-state index is 0.191. The van der Waals surface area contributed by atoms with Crippen LogP contribution < -0.4 is 5.32 Å². The zero-order valence-electron chi connectivity index (χ0n) is 8.82. The largest absolute Gasteiger partial charge is 0.232 e. The van der Waals surface area contributed by atoms with Gasteiger partial charge >= 0.3 is 0 Å². The predicted octanol–water partition coefficient (Wildman–Crippen LogP) is 3.26. The quantitative estimate of drug-likeness (QED) is 0.745. The lowest BCUT2D eigenvalue weighted by molar-refractivity contribution is 0.400. The van der Waals surface area contributed by atoms with Crippen LogP contribution in [0.4, 0.5) is 4.39 Å². The van der Waals surface area contributed by atoms with Crippen molar-refractivity contribution in [2.24, 2.45) is 0 Å². The van der Waals surface area contributed by atoms with E-state index in [-0.39, 0.29) is 11.9 Å². The van der Waals surface area contributed by atoms with E-state index in [4.69, 9.17) is 0 Å². The van der Waals surface area contributed by atoms with Gasteiger partial charge in [0.05, 0.1) is 16.4 Å². The number of nitrogens with zero attached hydrogens (tertiary/aromatic N) is 2. The van der Waals surface area contributed by atoms with Gasteiger partial charge in [0.25, 0.3) is 0 Å². The first-order valence-corrected chi connectivity index (χ1v) is 6.33. The SMILES string of the molecule is Fc1ccc2c(C3CCCC[N]3)nsc2c1. The Balaban J connectivity index is 2.03. The van der Waals surface area contributed by atoms with Crippen LogP contribution in [0.3, 0.4) is 0 Å². The second-order valence-electron chi connectivity index (χ2n) is 4.13. The van der Waals surface area contributed by atoms with Crippen LogP contribution in [-0.2, 0) is 0 Å². The third-order valence-electron chi connectivity index (χ3n) is 3.01. The van der Waals surface area contributed by atoms with Crippen LogP contribution in [0.2, 0.25) is 0 Å². The lowest BCUT2D eigenvalue weighted by Crippen LogP contribution is -2.20. The molecular formula is C12H12FN2S. The van der Waals surface area contributed by atoms with E-state index in [1.807, 2.05) is 6.07 Å². The summed E-state index contributed by atoms with van der Waals surface area (Å²) in [5, 5.41) is 5.67. The van der Waals surface area contributed by atoms with Gasteiger partial charge in [-0.3, -0.25) is 0 Å². The van der Waals surface area contributed by atoms with Crippen LogP contribution in [0.15, 0.2) is 18.2 Å². The summed E-state index contributed by atoms with van der Waals surface area (Å²) in [5.74, 6) is -0.191. The summed E-state index contributed by atoms with van der Waals surface area (Å²) >= 11 is 1.37. The van der Waals surface area contributed by atoms with Crippen molar-refractivity contribution in [2.75, 3.05) is 6.54 Å². The highest BCUT2D eigenvalue weighted by Crippen LogP contribution is 2.32. The van der Waals surface area contributed by atoms with Crippen LogP contribution in [-0.4, -0.2) is 10.9 Å². The van der Waals surface area contributed by atoms with Crippen molar-refractivity contribution < 1.29 is 4.39 Å². The monoisotopic (exact) mass is 235 g/mol. The molecule has 1 aromatic heterocycles. The average molecular weight is 235 g/mol. The Morgan fingerprint density at radius 2 is 2.25 bits per heavy atom. The lowest BCUT2D eigenvalue weighted by atomic mass is 10.00. The molecule has 0 bridgehead atoms. The first-order valence-electron chi connectivity index (χ1n) is 5.56. The predicted molar refractivity (Wildman–Crippen MR) is 63.2 cm³/mol. The van der Waals surface area contributed by atoms with Crippen LogP contribution in [0.25, 0.3) is 10.1 Å². The molecule has 1 atom stereocenters. The molecule has 1 aliphatic heterocycles. The van der Waals surface area contributed by atoms with E-state index in [1.54, 1.807) is 6.07 Å². The molecule has 0 N–H and O–H groups in total. The molecule has 16 heavy (non-hydrogen) atoms. The highest BCUT2D eigenvalue weighted by atomic mass is 32.1. The minimum Gasteiger partial charge on any atom is -0.232 e. The van der Waals surface area contributed by atoms with Crippen molar-refractivity contribution >= 4 is 21.6 Å². The zero-order chi connectivity index (χ0) is 11.0. The molecule has 83 valence electrons. The van der Waals surface area contributed by atoms with E-state index < -0.39 is 0 Å². The molecule has 2 heterocycles. The normalized spacial score (nSPS) is 21.4. The van der Waals surface area contributed by atoms with E-state index in [2.05, 4.69) is 9.69 Å². The number of piperidine rings is 1. The van der Waals surface area contributed by atoms with Crippen LogP contribution in [0.5, 0.6) is 0 Å². The van der Waals surface area contributed by atoms with E-state index in [0.717, 1.165) is 28.7 Å². The fraction of sp³-hybridized carbons (Fsp3) is 0.417. The molecule has 3 rings (SSSR count). The highest BCUT2D eigenvalue weighted by Gasteiger charge is 2.20. The second-order valence-corrected chi connectivity index (χ2v) is 4.93. The molecule has 1 unspecified atom stereocenters. The Morgan fingerprint density at radius 3 is 3.06 bits per heavy atom. The highest BCUT2D eigenvalue weighted by molar-refractivity contribution is 7.13. The maximum absolute atomic E-state index is 13.0. The molecule has 2 aromatic rings. The summed E-state index contributed by atoms with van der Waals surface area (Å²) in [6.07, 6.45) is 3.48. The Bertz CT molecular complexity index is 503. The van der Waals surface area contributed by atoms with Crippen molar-refractivity contribution in [1.29, 1.82) is 0 Å². The molecule has 1 saturated heterocycles. The Morgan fingerprint density at radius 1 is 1.31 bits per heavy atom. The van der Waals surface area contributed by atoms with Crippen molar-refractivity contribution in [3.63, 3.8) is 0 Å². The second kappa shape index (κ2) is 4.11. The average Bonchev–Trinajstić information content (AvgIpc) is 2.73. The first kappa shape index (κ1) is 10.2. The third-order valence-corrected chi connectivity index (χ3v) is 3.84. The minimum atomic E-state index is -0.191. The summed E-state index contributed by atoms with van der Waals surface area (Å²) in [7, 11) is 0. The first-order chi connectivity index (χ1) is 7.84. The number of fused-ring (bicyclic) bond motifs is 1. The third kappa shape index (κ3) is 1.72. The molecule has 2 nitrogen and oxygen atoms in total. The van der Waals surface area contributed by atoms with Gasteiger partial charge in [-0.05, 0) is 42.6 Å². The molecule has 0 aliphatic carbocycles. The topological polar surface area (TPSA) is 27.0 Å². The number of aromatic nitrogens is 1. The summed E-state index contributed by atoms with van der Waals surface area (Å²) < 4.78 is 18.4. The molecule has 4 heteroatoms. The number of hydrogen-bond donors (Lipinski definition) is 0. The molecule has 1 aromatic carbocycles. The van der Waals surface area contributed by atoms with Crippen molar-refractivity contribution in [3.05, 3.63) is 29.7 Å². The molecule has 1 aliphatic rings. The Kier molecular flexibility index (Phi) is 2.61. The van der Waals surface area contributed by atoms with Gasteiger partial charge in [0.2, 0.25) is 0 Å². The van der Waals surface area contributed by atoms with Gasteiger partial charge in [-0.1, -0.05) is 6.42 Å². The smallest absolute Gasteiger partial charge is 0.124 e. The maximum atomic E-state index is 13.0. The Labute approximate surface area is 97.6 Å². The van der Waals surface area contributed by atoms with Crippen LogP contribution in [0.1, 0.15) is 31.0 Å². The van der Waals surface area contributed by atoms with Gasteiger partial charge in [-0.2, -0.15) is 4.37 Å². The van der Waals surface area contributed by atoms with Gasteiger partial charge in [0.15, 0.2) is 0 Å². The van der Waals surface area contributed by atoms with E-state index in [1.165, 1.54) is 30.4 Å². The van der Waals surface area contributed by atoms with E-state index >= 15 is 0 Å². The van der Waals surface area contributed by atoms with Crippen LogP contribution >= 0.6 is 11.5 Å².